The van der Waals surface area contributed by atoms with Crippen molar-refractivity contribution in [2.24, 2.45) is 0 Å². The number of nitrogens with zero attached hydrogens (tertiary/aromatic N) is 1. The third-order valence-corrected chi connectivity index (χ3v) is 10.3. The van der Waals surface area contributed by atoms with Crippen LogP contribution < -0.4 is 14.2 Å². The fraction of sp³-hybridized carbons (Fsp3) is 0.341. The first-order valence-electron chi connectivity index (χ1n) is 17.7. The summed E-state index contributed by atoms with van der Waals surface area (Å²) in [4.78, 5) is 16.0. The third-order valence-electron chi connectivity index (χ3n) is 10.3. The van der Waals surface area contributed by atoms with E-state index in [4.69, 9.17) is 18.6 Å². The van der Waals surface area contributed by atoms with Crippen molar-refractivity contribution in [1.82, 2.24) is 4.90 Å². The minimum Gasteiger partial charge on any atom is -0.493 e. The van der Waals surface area contributed by atoms with Crippen LogP contribution in [0.4, 0.5) is 13.2 Å². The average molecular weight is 726 g/mol. The second-order valence-corrected chi connectivity index (χ2v) is 15.1. The zero-order chi connectivity index (χ0) is 38.1. The van der Waals surface area contributed by atoms with Gasteiger partial charge in [0.15, 0.2) is 17.3 Å². The molecule has 1 aliphatic carbocycles. The predicted octanol–water partition coefficient (Wildman–Crippen LogP) is 11.2. The van der Waals surface area contributed by atoms with Crippen LogP contribution in [0.2, 0.25) is 0 Å². The lowest BCUT2D eigenvalue weighted by atomic mass is 9.62. The zero-order valence-corrected chi connectivity index (χ0v) is 31.3. The Morgan fingerprint density at radius 1 is 0.774 bits per heavy atom. The van der Waals surface area contributed by atoms with Gasteiger partial charge in [0, 0.05) is 18.5 Å². The first-order valence-corrected chi connectivity index (χ1v) is 17.7. The van der Waals surface area contributed by atoms with Crippen molar-refractivity contribution in [1.29, 1.82) is 0 Å². The molecule has 278 valence electrons. The molecule has 0 atom stereocenters. The molecule has 1 aliphatic rings. The number of para-hydroxylation sites is 1. The molecule has 0 saturated heterocycles. The average Bonchev–Trinajstić information content (AvgIpc) is 3.58. The van der Waals surface area contributed by atoms with Crippen LogP contribution in [0, 0.1) is 6.92 Å². The number of halogens is 3. The van der Waals surface area contributed by atoms with Gasteiger partial charge in [-0.3, -0.25) is 4.79 Å². The lowest BCUT2D eigenvalue weighted by Crippen LogP contribution is -2.34. The lowest BCUT2D eigenvalue weighted by Gasteiger charge is -2.42. The van der Waals surface area contributed by atoms with Gasteiger partial charge in [0.2, 0.25) is 0 Å². The number of furan rings is 1. The van der Waals surface area contributed by atoms with Crippen molar-refractivity contribution in [3.05, 3.63) is 141 Å². The Kier molecular flexibility index (Phi) is 10.4. The maximum atomic E-state index is 14.3. The maximum absolute atomic E-state index is 14.3. The molecule has 6 nitrogen and oxygen atoms in total. The van der Waals surface area contributed by atoms with Crippen molar-refractivity contribution in [2.45, 2.75) is 84.0 Å². The Morgan fingerprint density at radius 2 is 1.43 bits per heavy atom. The molecule has 53 heavy (non-hydrogen) atoms. The van der Waals surface area contributed by atoms with Crippen LogP contribution in [0.5, 0.6) is 23.0 Å². The van der Waals surface area contributed by atoms with E-state index < -0.39 is 11.7 Å². The van der Waals surface area contributed by atoms with Crippen molar-refractivity contribution >= 4 is 5.91 Å². The smallest absolute Gasteiger partial charge is 0.416 e. The number of hydrogen-bond donors (Lipinski definition) is 0. The number of aryl methyl sites for hydroxylation is 1. The van der Waals surface area contributed by atoms with Gasteiger partial charge in [-0.05, 0) is 107 Å². The largest absolute Gasteiger partial charge is 0.493 e. The molecule has 5 aromatic rings. The van der Waals surface area contributed by atoms with Crippen molar-refractivity contribution in [3.8, 4) is 23.0 Å². The Morgan fingerprint density at radius 3 is 2.11 bits per heavy atom. The van der Waals surface area contributed by atoms with Gasteiger partial charge in [0.25, 0.3) is 5.91 Å². The van der Waals surface area contributed by atoms with Gasteiger partial charge in [-0.15, -0.1) is 0 Å². The SMILES string of the molecule is COc1cccc(CN(Cc2cccc(Oc3cccc(C(F)(F)F)c3)c2)C(=O)c2ccc(Cc3cc4c(cc3C)C(C)(C)CCC4(C)C)o2)c1OC. The second kappa shape index (κ2) is 14.7. The highest BCUT2D eigenvalue weighted by Crippen LogP contribution is 2.47. The number of alkyl halides is 3. The Bertz CT molecular complexity index is 2110. The van der Waals surface area contributed by atoms with E-state index in [9.17, 15) is 18.0 Å². The maximum Gasteiger partial charge on any atom is 0.416 e. The Balaban J connectivity index is 1.29. The summed E-state index contributed by atoms with van der Waals surface area (Å²) < 4.78 is 63.3. The van der Waals surface area contributed by atoms with Crippen molar-refractivity contribution < 1.29 is 36.6 Å². The first kappa shape index (κ1) is 37.6. The first-order chi connectivity index (χ1) is 25.1. The summed E-state index contributed by atoms with van der Waals surface area (Å²) >= 11 is 0. The summed E-state index contributed by atoms with van der Waals surface area (Å²) in [5.41, 5.74) is 5.92. The molecule has 0 spiro atoms. The summed E-state index contributed by atoms with van der Waals surface area (Å²) in [5.74, 6) is 1.95. The molecule has 0 radical (unpaired) electrons. The Hall–Kier alpha value is -5.18. The normalized spacial score (nSPS) is 14.7. The molecule has 0 fully saturated rings. The minimum atomic E-state index is -4.50. The van der Waals surface area contributed by atoms with Crippen LogP contribution >= 0.6 is 0 Å². The number of hydrogen-bond acceptors (Lipinski definition) is 5. The summed E-state index contributed by atoms with van der Waals surface area (Å²) in [5, 5.41) is 0. The summed E-state index contributed by atoms with van der Waals surface area (Å²) in [6, 6.07) is 25.4. The van der Waals surface area contributed by atoms with Gasteiger partial charge in [-0.1, -0.05) is 70.2 Å². The molecule has 4 aromatic carbocycles. The summed E-state index contributed by atoms with van der Waals surface area (Å²) in [7, 11) is 3.10. The van der Waals surface area contributed by atoms with E-state index in [1.165, 1.54) is 34.4 Å². The highest BCUT2D eigenvalue weighted by Gasteiger charge is 2.37. The van der Waals surface area contributed by atoms with E-state index in [0.29, 0.717) is 35.0 Å². The quantitative estimate of drug-likeness (QED) is 0.136. The number of carbonyl (C=O) groups excluding carboxylic acids is 1. The van der Waals surface area contributed by atoms with E-state index in [0.717, 1.165) is 30.5 Å². The number of rotatable bonds is 11. The Labute approximate surface area is 309 Å². The number of ether oxygens (including phenoxy) is 3. The number of benzene rings is 4. The predicted molar refractivity (Wildman–Crippen MR) is 199 cm³/mol. The highest BCUT2D eigenvalue weighted by molar-refractivity contribution is 5.91. The van der Waals surface area contributed by atoms with Gasteiger partial charge < -0.3 is 23.5 Å². The molecule has 0 bridgehead atoms. The van der Waals surface area contributed by atoms with Crippen LogP contribution in [0.15, 0.2) is 95.4 Å². The van der Waals surface area contributed by atoms with Gasteiger partial charge in [0.05, 0.1) is 26.3 Å². The van der Waals surface area contributed by atoms with Gasteiger partial charge in [-0.25, -0.2) is 0 Å². The van der Waals surface area contributed by atoms with E-state index in [1.54, 1.807) is 49.5 Å². The van der Waals surface area contributed by atoms with Crippen molar-refractivity contribution in [3.63, 3.8) is 0 Å². The summed E-state index contributed by atoms with van der Waals surface area (Å²) in [6.07, 6.45) is -1.70. The monoisotopic (exact) mass is 725 g/mol. The van der Waals surface area contributed by atoms with Crippen LogP contribution in [-0.4, -0.2) is 25.0 Å². The fourth-order valence-corrected chi connectivity index (χ4v) is 7.17. The molecule has 9 heteroatoms. The molecule has 0 N–H and O–H groups in total. The highest BCUT2D eigenvalue weighted by atomic mass is 19.4. The third kappa shape index (κ3) is 8.24. The molecular formula is C44H46F3NO5. The molecule has 0 saturated carbocycles. The molecule has 1 aromatic heterocycles. The van der Waals surface area contributed by atoms with Crippen LogP contribution in [-0.2, 0) is 36.5 Å². The van der Waals surface area contributed by atoms with Gasteiger partial charge in [-0.2, -0.15) is 13.2 Å². The summed E-state index contributed by atoms with van der Waals surface area (Å²) in [6.45, 7) is 11.7. The number of methoxy groups -OCH3 is 2. The molecular weight excluding hydrogens is 679 g/mol. The molecule has 1 amide bonds. The van der Waals surface area contributed by atoms with Gasteiger partial charge in [0.1, 0.15) is 17.3 Å². The molecule has 0 unspecified atom stereocenters. The molecule has 1 heterocycles. The molecule has 0 aliphatic heterocycles. The van der Waals surface area contributed by atoms with E-state index in [-0.39, 0.29) is 41.3 Å². The van der Waals surface area contributed by atoms with Crippen LogP contribution in [0.1, 0.15) is 95.8 Å². The number of carbonyl (C=O) groups is 1. The van der Waals surface area contributed by atoms with E-state index >= 15 is 0 Å². The van der Waals surface area contributed by atoms with Crippen LogP contribution in [0.3, 0.4) is 0 Å². The standard InChI is InChI=1S/C44H46F3NO5/c1-28-21-36-37(43(4,5)20-19-42(36,2)3)24-31(28)23-35-17-18-39(53-35)41(49)48(27-30-12-9-16-38(50-6)40(30)51-7)26-29-11-8-14-33(22-29)52-34-15-10-13-32(25-34)44(45,46)47/h8-18,21-22,24-25H,19-20,23,26-27H2,1-7H3. The van der Waals surface area contributed by atoms with Gasteiger partial charge >= 0.3 is 6.18 Å². The number of fused-ring (bicyclic) bond motifs is 1. The number of amides is 1. The lowest BCUT2D eigenvalue weighted by molar-refractivity contribution is -0.137. The van der Waals surface area contributed by atoms with Crippen molar-refractivity contribution in [2.75, 3.05) is 14.2 Å². The zero-order valence-electron chi connectivity index (χ0n) is 31.3. The fourth-order valence-electron chi connectivity index (χ4n) is 7.17. The molecule has 6 rings (SSSR count). The second-order valence-electron chi connectivity index (χ2n) is 15.1. The van der Waals surface area contributed by atoms with E-state index in [2.05, 4.69) is 46.8 Å². The van der Waals surface area contributed by atoms with Crippen LogP contribution in [0.25, 0.3) is 0 Å². The topological polar surface area (TPSA) is 61.1 Å². The minimum absolute atomic E-state index is 0.0515. The van der Waals surface area contributed by atoms with E-state index in [1.807, 2.05) is 24.3 Å².